The van der Waals surface area contributed by atoms with E-state index in [2.05, 4.69) is 25.3 Å². The molecule has 0 aliphatic heterocycles. The maximum Gasteiger partial charge on any atom is 0.280 e. The zero-order valence-electron chi connectivity index (χ0n) is 15.8. The molecule has 0 fully saturated rings. The first-order valence-corrected chi connectivity index (χ1v) is 8.79. The second-order valence-electron chi connectivity index (χ2n) is 6.32. The number of hydrogen-bond acceptors (Lipinski definition) is 6. The Hall–Kier alpha value is -4.14. The van der Waals surface area contributed by atoms with Crippen LogP contribution in [0, 0.1) is 0 Å². The van der Waals surface area contributed by atoms with Crippen LogP contribution in [0.15, 0.2) is 61.3 Å². The molecule has 4 aromatic rings. The summed E-state index contributed by atoms with van der Waals surface area (Å²) in [5.74, 6) is -0.175. The Morgan fingerprint density at radius 1 is 1.00 bits per heavy atom. The van der Waals surface area contributed by atoms with E-state index in [1.807, 2.05) is 24.3 Å². The number of benzene rings is 1. The topological polar surface area (TPSA) is 105 Å². The van der Waals surface area contributed by atoms with Crippen LogP contribution in [0.2, 0.25) is 0 Å². The fourth-order valence-corrected chi connectivity index (χ4v) is 2.87. The van der Waals surface area contributed by atoms with E-state index in [1.54, 1.807) is 48.5 Å². The van der Waals surface area contributed by atoms with Crippen molar-refractivity contribution in [1.29, 1.82) is 0 Å². The molecule has 0 spiro atoms. The lowest BCUT2D eigenvalue weighted by molar-refractivity contribution is -0.114. The van der Waals surface area contributed by atoms with E-state index in [9.17, 15) is 9.59 Å². The fraction of sp³-hybridized carbons (Fsp3) is 0.100. The maximum atomic E-state index is 12.8. The summed E-state index contributed by atoms with van der Waals surface area (Å²) in [6, 6.07) is 9.05. The van der Waals surface area contributed by atoms with E-state index in [0.717, 1.165) is 11.3 Å². The van der Waals surface area contributed by atoms with Gasteiger partial charge in [-0.25, -0.2) is 19.9 Å². The van der Waals surface area contributed by atoms with Gasteiger partial charge in [-0.1, -0.05) is 12.1 Å². The number of imidazole rings is 1. The third-order valence-electron chi connectivity index (χ3n) is 4.27. The van der Waals surface area contributed by atoms with Crippen molar-refractivity contribution in [1.82, 2.24) is 24.3 Å². The van der Waals surface area contributed by atoms with Crippen LogP contribution in [0.1, 0.15) is 17.4 Å². The minimum atomic E-state index is -0.334. The van der Waals surface area contributed by atoms with E-state index in [0.29, 0.717) is 17.3 Å². The number of nitrogens with zero attached hydrogens (tertiary/aromatic N) is 6. The summed E-state index contributed by atoms with van der Waals surface area (Å²) in [5.41, 5.74) is 3.24. The number of anilines is 2. The summed E-state index contributed by atoms with van der Waals surface area (Å²) in [5, 5.41) is 2.73. The summed E-state index contributed by atoms with van der Waals surface area (Å²) in [6.07, 6.45) is 8.04. The Labute approximate surface area is 166 Å². The van der Waals surface area contributed by atoms with E-state index >= 15 is 0 Å². The Morgan fingerprint density at radius 2 is 1.72 bits per heavy atom. The molecule has 0 aliphatic carbocycles. The third kappa shape index (κ3) is 3.65. The van der Waals surface area contributed by atoms with Crippen molar-refractivity contribution in [3.05, 3.63) is 67.0 Å². The maximum absolute atomic E-state index is 12.8. The van der Waals surface area contributed by atoms with Crippen molar-refractivity contribution >= 4 is 29.1 Å². The van der Waals surface area contributed by atoms with Crippen LogP contribution >= 0.6 is 0 Å². The molecule has 0 saturated carbocycles. The smallest absolute Gasteiger partial charge is 0.280 e. The molecule has 0 unspecified atom stereocenters. The van der Waals surface area contributed by atoms with Crippen LogP contribution in [0.25, 0.3) is 16.9 Å². The number of amides is 2. The monoisotopic (exact) mass is 387 g/mol. The minimum absolute atomic E-state index is 0.131. The molecule has 2 amide bonds. The average Bonchev–Trinajstić information content (AvgIpc) is 3.16. The number of nitrogens with one attached hydrogen (secondary N) is 1. The molecule has 1 N–H and O–H groups in total. The predicted molar refractivity (Wildman–Crippen MR) is 107 cm³/mol. The standard InChI is InChI=1S/C20H17N7O2/c1-13(28)25-15-6-4-14(5-7-15)17-10-24-18-11-23-16(12-27(17)18)19(29)26(2)20-21-8-3-9-22-20/h3-12H,1-2H3,(H,25,28). The van der Waals surface area contributed by atoms with E-state index in [-0.39, 0.29) is 17.5 Å². The first-order chi connectivity index (χ1) is 14.0. The number of aromatic nitrogens is 5. The Balaban J connectivity index is 1.68. The van der Waals surface area contributed by atoms with Gasteiger partial charge in [-0.2, -0.15) is 0 Å². The molecule has 9 heteroatoms. The summed E-state index contributed by atoms with van der Waals surface area (Å²) in [6.45, 7) is 1.46. The van der Waals surface area contributed by atoms with Gasteiger partial charge in [-0.05, 0) is 18.2 Å². The lowest BCUT2D eigenvalue weighted by atomic mass is 10.1. The number of carbonyl (C=O) groups excluding carboxylic acids is 2. The van der Waals surface area contributed by atoms with Crippen molar-refractivity contribution in [3.8, 4) is 11.3 Å². The highest BCUT2D eigenvalue weighted by atomic mass is 16.2. The van der Waals surface area contributed by atoms with Gasteiger partial charge in [0.1, 0.15) is 5.69 Å². The van der Waals surface area contributed by atoms with Gasteiger partial charge in [0, 0.05) is 43.8 Å². The Kier molecular flexibility index (Phi) is 4.70. The first-order valence-electron chi connectivity index (χ1n) is 8.79. The van der Waals surface area contributed by atoms with Crippen molar-refractivity contribution in [2.45, 2.75) is 6.92 Å². The molecule has 4 rings (SSSR count). The van der Waals surface area contributed by atoms with E-state index in [4.69, 9.17) is 0 Å². The molecule has 0 aliphatic rings. The molecule has 0 radical (unpaired) electrons. The second-order valence-corrected chi connectivity index (χ2v) is 6.32. The van der Waals surface area contributed by atoms with Crippen molar-refractivity contribution < 1.29 is 9.59 Å². The summed E-state index contributed by atoms with van der Waals surface area (Å²) >= 11 is 0. The molecule has 29 heavy (non-hydrogen) atoms. The molecule has 3 aromatic heterocycles. The van der Waals surface area contributed by atoms with Gasteiger partial charge < -0.3 is 5.32 Å². The molecule has 1 aromatic carbocycles. The molecule has 0 bridgehead atoms. The van der Waals surface area contributed by atoms with Crippen molar-refractivity contribution in [2.24, 2.45) is 0 Å². The van der Waals surface area contributed by atoms with E-state index < -0.39 is 0 Å². The van der Waals surface area contributed by atoms with Gasteiger partial charge in [0.25, 0.3) is 5.91 Å². The van der Waals surface area contributed by atoms with Gasteiger partial charge in [0.2, 0.25) is 11.9 Å². The number of carbonyl (C=O) groups is 2. The Morgan fingerprint density at radius 3 is 2.41 bits per heavy atom. The number of hydrogen-bond donors (Lipinski definition) is 1. The zero-order chi connectivity index (χ0) is 20.4. The van der Waals surface area contributed by atoms with Crippen LogP contribution < -0.4 is 10.2 Å². The molecular weight excluding hydrogens is 370 g/mol. The van der Waals surface area contributed by atoms with Crippen molar-refractivity contribution in [2.75, 3.05) is 17.3 Å². The zero-order valence-corrected chi connectivity index (χ0v) is 15.8. The highest BCUT2D eigenvalue weighted by Crippen LogP contribution is 2.23. The lowest BCUT2D eigenvalue weighted by Gasteiger charge is -2.14. The largest absolute Gasteiger partial charge is 0.326 e. The molecule has 3 heterocycles. The minimum Gasteiger partial charge on any atom is -0.326 e. The second kappa shape index (κ2) is 7.47. The summed E-state index contributed by atoms with van der Waals surface area (Å²) in [4.78, 5) is 42.1. The molecule has 144 valence electrons. The predicted octanol–water partition coefficient (Wildman–Crippen LogP) is 2.42. The first kappa shape index (κ1) is 18.2. The summed E-state index contributed by atoms with van der Waals surface area (Å²) in [7, 11) is 1.60. The third-order valence-corrected chi connectivity index (χ3v) is 4.27. The normalized spacial score (nSPS) is 10.7. The van der Waals surface area contributed by atoms with Crippen LogP contribution in [0.4, 0.5) is 11.6 Å². The van der Waals surface area contributed by atoms with Crippen LogP contribution in [0.3, 0.4) is 0 Å². The molecule has 0 saturated heterocycles. The molecule has 0 atom stereocenters. The number of rotatable bonds is 4. The van der Waals surface area contributed by atoms with Crippen LogP contribution in [0.5, 0.6) is 0 Å². The van der Waals surface area contributed by atoms with Gasteiger partial charge in [0.05, 0.1) is 18.1 Å². The van der Waals surface area contributed by atoms with E-state index in [1.165, 1.54) is 11.8 Å². The number of fused-ring (bicyclic) bond motifs is 1. The lowest BCUT2D eigenvalue weighted by Crippen LogP contribution is -2.29. The van der Waals surface area contributed by atoms with Gasteiger partial charge in [0.15, 0.2) is 5.65 Å². The van der Waals surface area contributed by atoms with Crippen molar-refractivity contribution in [3.63, 3.8) is 0 Å². The molecule has 9 nitrogen and oxygen atoms in total. The Bertz CT molecular complexity index is 1190. The molecular formula is C20H17N7O2. The van der Waals surface area contributed by atoms with Crippen LogP contribution in [-0.2, 0) is 4.79 Å². The highest BCUT2D eigenvalue weighted by molar-refractivity contribution is 6.03. The van der Waals surface area contributed by atoms with Gasteiger partial charge >= 0.3 is 0 Å². The van der Waals surface area contributed by atoms with Crippen LogP contribution in [-0.4, -0.2) is 43.2 Å². The average molecular weight is 387 g/mol. The highest BCUT2D eigenvalue weighted by Gasteiger charge is 2.18. The fourth-order valence-electron chi connectivity index (χ4n) is 2.87. The SMILES string of the molecule is CC(=O)Nc1ccc(-c2cnc3cnc(C(=O)N(C)c4ncccn4)cn23)cc1. The van der Waals surface area contributed by atoms with Gasteiger partial charge in [-0.15, -0.1) is 0 Å². The van der Waals surface area contributed by atoms with Gasteiger partial charge in [-0.3, -0.25) is 18.9 Å². The quantitative estimate of drug-likeness (QED) is 0.576. The summed E-state index contributed by atoms with van der Waals surface area (Å²) < 4.78 is 1.80.